The predicted molar refractivity (Wildman–Crippen MR) is 103 cm³/mol. The summed E-state index contributed by atoms with van der Waals surface area (Å²) in [5.74, 6) is 0.344. The van der Waals surface area contributed by atoms with Crippen LogP contribution in [-0.2, 0) is 4.74 Å². The molecular weight excluding hydrogens is 376 g/mol. The lowest BCUT2D eigenvalue weighted by molar-refractivity contribution is 0.0852. The van der Waals surface area contributed by atoms with Gasteiger partial charge in [-0.05, 0) is 31.8 Å². The number of hydrogen-bond acceptors (Lipinski definition) is 8. The number of nitrogens with zero attached hydrogens (tertiary/aromatic N) is 6. The van der Waals surface area contributed by atoms with Crippen LogP contribution in [0.15, 0.2) is 16.0 Å². The highest BCUT2D eigenvalue weighted by atomic mass is 16.5. The Bertz CT molecular complexity index is 1220. The van der Waals surface area contributed by atoms with Gasteiger partial charge in [-0.2, -0.15) is 19.6 Å². The van der Waals surface area contributed by atoms with Gasteiger partial charge in [-0.1, -0.05) is 0 Å². The molecule has 2 aliphatic rings. The van der Waals surface area contributed by atoms with Gasteiger partial charge in [0, 0.05) is 31.5 Å². The van der Waals surface area contributed by atoms with Gasteiger partial charge < -0.3 is 19.7 Å². The summed E-state index contributed by atoms with van der Waals surface area (Å²) in [5.41, 5.74) is 0.861. The van der Waals surface area contributed by atoms with Crippen molar-refractivity contribution in [3.05, 3.63) is 33.2 Å². The van der Waals surface area contributed by atoms with Crippen molar-refractivity contribution in [3.63, 3.8) is 0 Å². The van der Waals surface area contributed by atoms with Crippen LogP contribution in [0, 0.1) is 0 Å². The van der Waals surface area contributed by atoms with Crippen molar-refractivity contribution in [3.8, 4) is 5.88 Å². The molecule has 1 saturated carbocycles. The minimum absolute atomic E-state index is 0.231. The highest BCUT2D eigenvalue weighted by Crippen LogP contribution is 2.22. The van der Waals surface area contributed by atoms with Crippen LogP contribution in [0.3, 0.4) is 0 Å². The third kappa shape index (κ3) is 3.48. The van der Waals surface area contributed by atoms with Crippen LogP contribution < -0.4 is 21.4 Å². The molecule has 0 atom stereocenters. The SMILES string of the molecule is CN(c1nc(=NC2CC2)n2nc/c(=C/c3[nH]c(=O)[nH]c3O)c2n1)C1CCOCC1. The Morgan fingerprint density at radius 1 is 1.28 bits per heavy atom. The Hall–Kier alpha value is -3.21. The second-order valence-electron chi connectivity index (χ2n) is 7.46. The maximum atomic E-state index is 11.4. The molecule has 0 spiro atoms. The van der Waals surface area contributed by atoms with Gasteiger partial charge in [0.15, 0.2) is 5.65 Å². The van der Waals surface area contributed by atoms with E-state index in [2.05, 4.69) is 25.0 Å². The van der Waals surface area contributed by atoms with Crippen LogP contribution >= 0.6 is 0 Å². The van der Waals surface area contributed by atoms with Crippen molar-refractivity contribution in [1.29, 1.82) is 0 Å². The molecular formula is C18H22N8O3. The lowest BCUT2D eigenvalue weighted by atomic mass is 10.1. The van der Waals surface area contributed by atoms with E-state index in [1.54, 1.807) is 16.8 Å². The van der Waals surface area contributed by atoms with Gasteiger partial charge in [0.05, 0.1) is 12.2 Å². The molecule has 11 nitrogen and oxygen atoms in total. The first-order valence-electron chi connectivity index (χ1n) is 9.71. The Balaban J connectivity index is 1.66. The molecule has 152 valence electrons. The van der Waals surface area contributed by atoms with Crippen LogP contribution in [0.1, 0.15) is 31.4 Å². The van der Waals surface area contributed by atoms with E-state index in [0.29, 0.717) is 28.5 Å². The first-order valence-corrected chi connectivity index (χ1v) is 9.71. The van der Waals surface area contributed by atoms with E-state index >= 15 is 0 Å². The van der Waals surface area contributed by atoms with E-state index in [1.807, 2.05) is 7.05 Å². The number of aromatic hydroxyl groups is 1. The topological polar surface area (TPSA) is 137 Å². The van der Waals surface area contributed by atoms with Crippen LogP contribution in [0.25, 0.3) is 11.7 Å². The summed E-state index contributed by atoms with van der Waals surface area (Å²) in [6.45, 7) is 1.45. The summed E-state index contributed by atoms with van der Waals surface area (Å²) in [7, 11) is 1.98. The van der Waals surface area contributed by atoms with Gasteiger partial charge in [0.25, 0.3) is 5.62 Å². The highest BCUT2D eigenvalue weighted by molar-refractivity contribution is 5.57. The van der Waals surface area contributed by atoms with E-state index in [4.69, 9.17) is 14.7 Å². The van der Waals surface area contributed by atoms with Crippen LogP contribution in [0.2, 0.25) is 0 Å². The van der Waals surface area contributed by atoms with Gasteiger partial charge in [-0.25, -0.2) is 9.79 Å². The molecule has 0 bridgehead atoms. The smallest absolute Gasteiger partial charge is 0.326 e. The van der Waals surface area contributed by atoms with Crippen LogP contribution in [0.5, 0.6) is 5.88 Å². The standard InChI is InChI=1S/C18H22N8O3/c1-25(12-4-6-29-7-5-12)16-22-14-10(8-13-15(27)23-18(28)21-13)9-19-26(14)17(24-16)20-11-2-3-11/h8-9,11-12,27H,2-7H2,1H3,(H2,21,23,28)/b10-8-,20-17?. The lowest BCUT2D eigenvalue weighted by Crippen LogP contribution is -2.39. The second-order valence-corrected chi connectivity index (χ2v) is 7.46. The first-order chi connectivity index (χ1) is 14.1. The molecule has 29 heavy (non-hydrogen) atoms. The fraction of sp³-hybridized carbons (Fsp3) is 0.500. The van der Waals surface area contributed by atoms with Crippen molar-refractivity contribution in [2.75, 3.05) is 25.2 Å². The van der Waals surface area contributed by atoms with Crippen molar-refractivity contribution in [2.24, 2.45) is 4.99 Å². The summed E-state index contributed by atoms with van der Waals surface area (Å²) >= 11 is 0. The Labute approximate surface area is 164 Å². The molecule has 0 amide bonds. The van der Waals surface area contributed by atoms with Gasteiger partial charge in [0.2, 0.25) is 11.8 Å². The quantitative estimate of drug-likeness (QED) is 0.516. The number of fused-ring (bicyclic) bond motifs is 1. The second kappa shape index (κ2) is 6.99. The predicted octanol–water partition coefficient (Wildman–Crippen LogP) is -0.928. The zero-order chi connectivity index (χ0) is 20.0. The average Bonchev–Trinajstić information content (AvgIpc) is 3.36. The van der Waals surface area contributed by atoms with Gasteiger partial charge in [0.1, 0.15) is 5.69 Å². The molecule has 5 rings (SSSR count). The number of H-pyrrole nitrogens is 2. The number of anilines is 1. The number of hydrogen-bond donors (Lipinski definition) is 3. The van der Waals surface area contributed by atoms with Gasteiger partial charge in [-0.3, -0.25) is 4.98 Å². The van der Waals surface area contributed by atoms with Crippen LogP contribution in [0.4, 0.5) is 5.95 Å². The number of aromatic nitrogens is 6. The molecule has 11 heteroatoms. The zero-order valence-electron chi connectivity index (χ0n) is 16.0. The average molecular weight is 398 g/mol. The van der Waals surface area contributed by atoms with E-state index in [-0.39, 0.29) is 17.6 Å². The monoisotopic (exact) mass is 398 g/mol. The first kappa shape index (κ1) is 17.9. The molecule has 1 aliphatic carbocycles. The Morgan fingerprint density at radius 2 is 2.07 bits per heavy atom. The molecule has 3 aromatic rings. The summed E-state index contributed by atoms with van der Waals surface area (Å²) in [4.78, 5) is 32.5. The number of ether oxygens (including phenoxy) is 1. The van der Waals surface area contributed by atoms with Crippen molar-refractivity contribution in [2.45, 2.75) is 37.8 Å². The lowest BCUT2D eigenvalue weighted by Gasteiger charge is -2.31. The fourth-order valence-electron chi connectivity index (χ4n) is 3.46. The molecule has 0 radical (unpaired) electrons. The molecule has 1 aliphatic heterocycles. The maximum Gasteiger partial charge on any atom is 0.326 e. The summed E-state index contributed by atoms with van der Waals surface area (Å²) in [6.07, 6.45) is 7.18. The van der Waals surface area contributed by atoms with Crippen molar-refractivity contribution < 1.29 is 9.84 Å². The molecule has 3 N–H and O–H groups in total. The largest absolute Gasteiger partial charge is 0.493 e. The fourth-order valence-corrected chi connectivity index (χ4v) is 3.46. The minimum Gasteiger partial charge on any atom is -0.493 e. The Kier molecular flexibility index (Phi) is 4.31. The summed E-state index contributed by atoms with van der Waals surface area (Å²) in [6, 6.07) is 0.566. The molecule has 0 aromatic carbocycles. The number of nitrogens with one attached hydrogen (secondary N) is 2. The Morgan fingerprint density at radius 3 is 2.76 bits per heavy atom. The van der Waals surface area contributed by atoms with E-state index in [9.17, 15) is 9.90 Å². The van der Waals surface area contributed by atoms with Crippen LogP contribution in [-0.4, -0.2) is 67.0 Å². The third-order valence-corrected chi connectivity index (χ3v) is 5.30. The van der Waals surface area contributed by atoms with Gasteiger partial charge in [-0.15, -0.1) is 0 Å². The number of aromatic amines is 2. The maximum absolute atomic E-state index is 11.4. The van der Waals surface area contributed by atoms with Gasteiger partial charge >= 0.3 is 5.69 Å². The number of rotatable bonds is 4. The van der Waals surface area contributed by atoms with E-state index < -0.39 is 5.69 Å². The molecule has 1 saturated heterocycles. The van der Waals surface area contributed by atoms with Crippen molar-refractivity contribution in [1.82, 2.24) is 29.5 Å². The number of imidazole rings is 1. The van der Waals surface area contributed by atoms with Crippen molar-refractivity contribution >= 4 is 17.7 Å². The molecule has 2 fully saturated rings. The summed E-state index contributed by atoms with van der Waals surface area (Å²) in [5, 5.41) is 14.9. The van der Waals surface area contributed by atoms with E-state index in [0.717, 1.165) is 38.9 Å². The molecule has 3 aromatic heterocycles. The zero-order valence-corrected chi connectivity index (χ0v) is 16.0. The normalized spacial score (nSPS) is 19.3. The summed E-state index contributed by atoms with van der Waals surface area (Å²) < 4.78 is 7.07. The highest BCUT2D eigenvalue weighted by Gasteiger charge is 2.23. The molecule has 4 heterocycles. The minimum atomic E-state index is -0.482. The third-order valence-electron chi connectivity index (χ3n) is 5.30. The van der Waals surface area contributed by atoms with E-state index in [1.165, 1.54) is 0 Å². The molecule has 0 unspecified atom stereocenters.